The first-order valence-corrected chi connectivity index (χ1v) is 9.56. The average Bonchev–Trinajstić information content (AvgIpc) is 3.12. The van der Waals surface area contributed by atoms with E-state index in [1.54, 1.807) is 45.0 Å². The maximum atomic E-state index is 13.1. The van der Waals surface area contributed by atoms with E-state index in [9.17, 15) is 8.42 Å². The van der Waals surface area contributed by atoms with Gasteiger partial charge in [-0.15, -0.1) is 0 Å². The summed E-state index contributed by atoms with van der Waals surface area (Å²) in [5.74, 6) is 1.04. The lowest BCUT2D eigenvalue weighted by atomic mass is 10.2. The number of H-pyrrole nitrogens is 1. The molecule has 3 rings (SSSR count). The zero-order valence-corrected chi connectivity index (χ0v) is 15.8. The molecule has 0 fully saturated rings. The van der Waals surface area contributed by atoms with Crippen molar-refractivity contribution in [3.05, 3.63) is 41.5 Å². The Balaban J connectivity index is 2.09. The molecule has 138 valence electrons. The third kappa shape index (κ3) is 3.30. The fraction of sp³-hybridized carbons (Fsp3) is 0.294. The molecule has 0 spiro atoms. The highest BCUT2D eigenvalue weighted by atomic mass is 32.2. The van der Waals surface area contributed by atoms with Gasteiger partial charge in [-0.3, -0.25) is 4.72 Å². The lowest BCUT2D eigenvalue weighted by Crippen LogP contribution is -2.15. The number of hydrogen-bond acceptors (Lipinski definition) is 6. The van der Waals surface area contributed by atoms with Gasteiger partial charge in [-0.2, -0.15) is 4.98 Å². The van der Waals surface area contributed by atoms with Crippen molar-refractivity contribution in [2.24, 2.45) is 0 Å². The van der Waals surface area contributed by atoms with Crippen LogP contribution in [0.3, 0.4) is 0 Å². The number of nitrogens with zero attached hydrogens (tertiary/aromatic N) is 2. The van der Waals surface area contributed by atoms with Crippen molar-refractivity contribution in [2.75, 3.05) is 11.3 Å². The number of rotatable bonds is 6. The average molecular weight is 376 g/mol. The second-order valence-corrected chi connectivity index (χ2v) is 7.38. The first-order valence-electron chi connectivity index (χ1n) is 8.08. The second kappa shape index (κ2) is 6.83. The SMILES string of the molecule is CCOc1ccccc1NS(=O)(=O)c1c(C)[nH]c(C)c1-c1nc(C)no1. The number of anilines is 1. The molecule has 8 nitrogen and oxygen atoms in total. The summed E-state index contributed by atoms with van der Waals surface area (Å²) in [6, 6.07) is 6.87. The van der Waals surface area contributed by atoms with Crippen molar-refractivity contribution in [3.63, 3.8) is 0 Å². The fourth-order valence-electron chi connectivity index (χ4n) is 2.78. The molecular formula is C17H20N4O4S. The predicted octanol–water partition coefficient (Wildman–Crippen LogP) is 3.19. The monoisotopic (exact) mass is 376 g/mol. The molecule has 0 saturated carbocycles. The Hall–Kier alpha value is -2.81. The molecular weight excluding hydrogens is 356 g/mol. The summed E-state index contributed by atoms with van der Waals surface area (Å²) < 4.78 is 39.5. The summed E-state index contributed by atoms with van der Waals surface area (Å²) in [6.07, 6.45) is 0. The standard InChI is InChI=1S/C17H20N4O4S/c1-5-24-14-9-7-6-8-13(14)21-26(22,23)16-11(3)18-10(2)15(16)17-19-12(4)20-25-17/h6-9,18,21H,5H2,1-4H3. The first-order chi connectivity index (χ1) is 12.3. The zero-order chi connectivity index (χ0) is 18.9. The molecule has 2 aromatic heterocycles. The molecule has 0 saturated heterocycles. The molecule has 2 heterocycles. The summed E-state index contributed by atoms with van der Waals surface area (Å²) in [4.78, 5) is 7.28. The number of nitrogens with one attached hydrogen (secondary N) is 2. The molecule has 0 aliphatic rings. The van der Waals surface area contributed by atoms with Gasteiger partial charge in [-0.25, -0.2) is 8.42 Å². The van der Waals surface area contributed by atoms with E-state index in [4.69, 9.17) is 9.26 Å². The number of sulfonamides is 1. The minimum atomic E-state index is -3.92. The van der Waals surface area contributed by atoms with E-state index >= 15 is 0 Å². The molecule has 1 aromatic carbocycles. The normalized spacial score (nSPS) is 11.5. The van der Waals surface area contributed by atoms with Gasteiger partial charge in [0.2, 0.25) is 0 Å². The summed E-state index contributed by atoms with van der Waals surface area (Å²) in [5.41, 5.74) is 1.84. The molecule has 0 bridgehead atoms. The Morgan fingerprint density at radius 2 is 1.92 bits per heavy atom. The van der Waals surface area contributed by atoms with Gasteiger partial charge in [0.1, 0.15) is 10.6 Å². The van der Waals surface area contributed by atoms with E-state index in [0.29, 0.717) is 40.8 Å². The Morgan fingerprint density at radius 1 is 1.19 bits per heavy atom. The maximum Gasteiger partial charge on any atom is 0.264 e. The van der Waals surface area contributed by atoms with E-state index in [0.717, 1.165) is 0 Å². The Bertz CT molecular complexity index is 1040. The number of ether oxygens (including phenoxy) is 1. The number of aromatic nitrogens is 3. The minimum Gasteiger partial charge on any atom is -0.492 e. The summed E-state index contributed by atoms with van der Waals surface area (Å²) in [6.45, 7) is 7.37. The third-order valence-electron chi connectivity index (χ3n) is 3.76. The van der Waals surface area contributed by atoms with Gasteiger partial charge in [-0.05, 0) is 39.8 Å². The van der Waals surface area contributed by atoms with E-state index < -0.39 is 10.0 Å². The topological polar surface area (TPSA) is 110 Å². The Morgan fingerprint density at radius 3 is 2.58 bits per heavy atom. The maximum absolute atomic E-state index is 13.1. The molecule has 0 atom stereocenters. The highest BCUT2D eigenvalue weighted by Gasteiger charge is 2.29. The van der Waals surface area contributed by atoms with Crippen LogP contribution in [0.5, 0.6) is 5.75 Å². The highest BCUT2D eigenvalue weighted by molar-refractivity contribution is 7.93. The van der Waals surface area contributed by atoms with Crippen molar-refractivity contribution in [1.29, 1.82) is 0 Å². The summed E-state index contributed by atoms with van der Waals surface area (Å²) >= 11 is 0. The van der Waals surface area contributed by atoms with Crippen LogP contribution in [0.15, 0.2) is 33.7 Å². The molecule has 9 heteroatoms. The largest absolute Gasteiger partial charge is 0.492 e. The molecule has 0 amide bonds. The van der Waals surface area contributed by atoms with Crippen molar-refractivity contribution < 1.29 is 17.7 Å². The minimum absolute atomic E-state index is 0.0740. The molecule has 0 aliphatic carbocycles. The van der Waals surface area contributed by atoms with Crippen molar-refractivity contribution >= 4 is 15.7 Å². The summed E-state index contributed by atoms with van der Waals surface area (Å²) in [5, 5.41) is 3.75. The first kappa shape index (κ1) is 18.0. The van der Waals surface area contributed by atoms with E-state index in [2.05, 4.69) is 19.8 Å². The number of benzene rings is 1. The van der Waals surface area contributed by atoms with Crippen molar-refractivity contribution in [1.82, 2.24) is 15.1 Å². The smallest absolute Gasteiger partial charge is 0.264 e. The second-order valence-electron chi connectivity index (χ2n) is 5.76. The lowest BCUT2D eigenvalue weighted by Gasteiger charge is -2.13. The van der Waals surface area contributed by atoms with Crippen molar-refractivity contribution in [2.45, 2.75) is 32.6 Å². The van der Waals surface area contributed by atoms with Crippen LogP contribution in [0.2, 0.25) is 0 Å². The van der Waals surface area contributed by atoms with Crippen LogP contribution in [0.4, 0.5) is 5.69 Å². The van der Waals surface area contributed by atoms with Gasteiger partial charge in [0, 0.05) is 11.4 Å². The lowest BCUT2D eigenvalue weighted by molar-refractivity contribution is 0.342. The third-order valence-corrected chi connectivity index (χ3v) is 5.30. The van der Waals surface area contributed by atoms with Crippen LogP contribution in [0, 0.1) is 20.8 Å². The van der Waals surface area contributed by atoms with Gasteiger partial charge >= 0.3 is 0 Å². The van der Waals surface area contributed by atoms with E-state index in [-0.39, 0.29) is 10.8 Å². The van der Waals surface area contributed by atoms with Crippen LogP contribution in [-0.4, -0.2) is 30.1 Å². The van der Waals surface area contributed by atoms with Crippen LogP contribution < -0.4 is 9.46 Å². The van der Waals surface area contributed by atoms with Crippen LogP contribution in [0.25, 0.3) is 11.5 Å². The molecule has 26 heavy (non-hydrogen) atoms. The van der Waals surface area contributed by atoms with Gasteiger partial charge in [-0.1, -0.05) is 17.3 Å². The van der Waals surface area contributed by atoms with Gasteiger partial charge < -0.3 is 14.2 Å². The van der Waals surface area contributed by atoms with E-state index in [1.807, 2.05) is 6.92 Å². The van der Waals surface area contributed by atoms with Crippen molar-refractivity contribution in [3.8, 4) is 17.2 Å². The summed E-state index contributed by atoms with van der Waals surface area (Å²) in [7, 11) is -3.92. The zero-order valence-electron chi connectivity index (χ0n) is 15.0. The Labute approximate surface area is 151 Å². The quantitative estimate of drug-likeness (QED) is 0.684. The molecule has 0 aliphatic heterocycles. The van der Waals surface area contributed by atoms with Crippen LogP contribution in [0.1, 0.15) is 24.1 Å². The van der Waals surface area contributed by atoms with Crippen LogP contribution >= 0.6 is 0 Å². The van der Waals surface area contributed by atoms with Crippen LogP contribution in [-0.2, 0) is 10.0 Å². The van der Waals surface area contributed by atoms with Gasteiger partial charge in [0.05, 0.1) is 17.9 Å². The number of aromatic amines is 1. The molecule has 0 radical (unpaired) electrons. The number of hydrogen-bond donors (Lipinski definition) is 2. The molecule has 0 unspecified atom stereocenters. The molecule has 3 aromatic rings. The van der Waals surface area contributed by atoms with E-state index in [1.165, 1.54) is 0 Å². The number of para-hydroxylation sites is 2. The number of aryl methyl sites for hydroxylation is 3. The fourth-order valence-corrected chi connectivity index (χ4v) is 4.30. The van der Waals surface area contributed by atoms with Gasteiger partial charge in [0.25, 0.3) is 15.9 Å². The highest BCUT2D eigenvalue weighted by Crippen LogP contribution is 2.35. The Kier molecular flexibility index (Phi) is 4.73. The predicted molar refractivity (Wildman–Crippen MR) is 96.7 cm³/mol. The molecule has 2 N–H and O–H groups in total. The van der Waals surface area contributed by atoms with Gasteiger partial charge in [0.15, 0.2) is 5.82 Å².